The van der Waals surface area contributed by atoms with Crippen molar-refractivity contribution in [3.05, 3.63) is 12.2 Å². The van der Waals surface area contributed by atoms with Crippen LogP contribution < -0.4 is 0 Å². The second-order valence-electron chi connectivity index (χ2n) is 3.79. The molecule has 0 aliphatic heterocycles. The summed E-state index contributed by atoms with van der Waals surface area (Å²) in [6.45, 7) is 10.2. The Hall–Kier alpha value is -0.763. The summed E-state index contributed by atoms with van der Waals surface area (Å²) in [6, 6.07) is 0.714. The van der Waals surface area contributed by atoms with Crippen LogP contribution in [0.5, 0.6) is 0 Å². The third-order valence-corrected chi connectivity index (χ3v) is 5.41. The van der Waals surface area contributed by atoms with Crippen LogP contribution in [-0.4, -0.2) is 43.4 Å². The first-order valence-corrected chi connectivity index (χ1v) is 8.36. The van der Waals surface area contributed by atoms with Gasteiger partial charge in [-0.2, -0.15) is 5.10 Å². The average Bonchev–Trinajstić information content (AvgIpc) is 2.74. The van der Waals surface area contributed by atoms with E-state index in [4.69, 9.17) is 13.3 Å². The Kier molecular flexibility index (Phi) is 6.48. The quantitative estimate of drug-likeness (QED) is 0.640. The molecule has 0 bridgehead atoms. The van der Waals surface area contributed by atoms with E-state index in [1.807, 2.05) is 27.7 Å². The second kappa shape index (κ2) is 7.62. The van der Waals surface area contributed by atoms with Crippen molar-refractivity contribution in [3.63, 3.8) is 0 Å². The van der Waals surface area contributed by atoms with Crippen LogP contribution in [0.1, 0.15) is 26.6 Å². The Morgan fingerprint density at radius 2 is 1.67 bits per heavy atom. The average molecular weight is 273 g/mol. The molecular weight excluding hydrogens is 250 g/mol. The largest absolute Gasteiger partial charge is 0.502 e. The van der Waals surface area contributed by atoms with E-state index in [0.29, 0.717) is 32.4 Å². The lowest BCUT2D eigenvalue weighted by Crippen LogP contribution is -2.46. The molecule has 0 fully saturated rings. The van der Waals surface area contributed by atoms with Crippen LogP contribution in [0, 0.1) is 6.92 Å². The second-order valence-corrected chi connectivity index (χ2v) is 6.52. The summed E-state index contributed by atoms with van der Waals surface area (Å²) in [5.74, 6) is 0.770. The minimum Gasteiger partial charge on any atom is -0.374 e. The van der Waals surface area contributed by atoms with Gasteiger partial charge in [-0.25, -0.2) is 4.98 Å². The predicted octanol–water partition coefficient (Wildman–Crippen LogP) is 1.63. The van der Waals surface area contributed by atoms with E-state index in [1.165, 1.54) is 0 Å². The van der Waals surface area contributed by atoms with Gasteiger partial charge in [-0.15, -0.1) is 0 Å². The highest BCUT2D eigenvalue weighted by molar-refractivity contribution is 6.60. The molecular formula is C11H23N3O3Si. The minimum atomic E-state index is -2.56. The van der Waals surface area contributed by atoms with Gasteiger partial charge in [0.25, 0.3) is 0 Å². The van der Waals surface area contributed by atoms with Crippen molar-refractivity contribution in [1.82, 2.24) is 14.8 Å². The van der Waals surface area contributed by atoms with E-state index < -0.39 is 8.80 Å². The van der Waals surface area contributed by atoms with Gasteiger partial charge in [-0.1, -0.05) is 0 Å². The fourth-order valence-electron chi connectivity index (χ4n) is 1.75. The molecule has 0 spiro atoms. The first-order chi connectivity index (χ1) is 8.65. The summed E-state index contributed by atoms with van der Waals surface area (Å²) in [5, 5.41) is 4.26. The number of nitrogens with zero attached hydrogens (tertiary/aromatic N) is 3. The van der Waals surface area contributed by atoms with E-state index in [0.717, 1.165) is 5.82 Å². The van der Waals surface area contributed by atoms with Gasteiger partial charge in [-0.3, -0.25) is 4.68 Å². The molecule has 1 aromatic rings. The molecule has 104 valence electrons. The van der Waals surface area contributed by atoms with Crippen LogP contribution in [0.25, 0.3) is 0 Å². The van der Waals surface area contributed by atoms with Gasteiger partial charge in [0.1, 0.15) is 12.2 Å². The monoisotopic (exact) mass is 273 g/mol. The fraction of sp³-hybridized carbons (Fsp3) is 0.818. The molecule has 0 aromatic carbocycles. The van der Waals surface area contributed by atoms with Crippen molar-refractivity contribution in [3.8, 4) is 0 Å². The SMILES string of the molecule is CCO[Si](CCn1cnc(C)n1)(OCC)OCC. The van der Waals surface area contributed by atoms with Crippen molar-refractivity contribution in [2.24, 2.45) is 0 Å². The molecule has 6 nitrogen and oxygen atoms in total. The maximum Gasteiger partial charge on any atom is 0.502 e. The Morgan fingerprint density at radius 3 is 2.06 bits per heavy atom. The van der Waals surface area contributed by atoms with Gasteiger partial charge in [0.2, 0.25) is 0 Å². The lowest BCUT2D eigenvalue weighted by molar-refractivity contribution is 0.0699. The molecule has 0 N–H and O–H groups in total. The molecule has 0 unspecified atom stereocenters. The van der Waals surface area contributed by atoms with Crippen LogP contribution in [0.4, 0.5) is 0 Å². The number of hydrogen-bond acceptors (Lipinski definition) is 5. The van der Waals surface area contributed by atoms with E-state index in [9.17, 15) is 0 Å². The van der Waals surface area contributed by atoms with Crippen molar-refractivity contribution in [2.75, 3.05) is 19.8 Å². The molecule has 7 heteroatoms. The fourth-order valence-corrected chi connectivity index (χ4v) is 4.25. The van der Waals surface area contributed by atoms with Gasteiger partial charge in [0.15, 0.2) is 0 Å². The van der Waals surface area contributed by atoms with Crippen LogP contribution in [0.3, 0.4) is 0 Å². The Bertz CT molecular complexity index is 329. The van der Waals surface area contributed by atoms with Crippen molar-refractivity contribution < 1.29 is 13.3 Å². The van der Waals surface area contributed by atoms with Crippen molar-refractivity contribution >= 4 is 8.80 Å². The van der Waals surface area contributed by atoms with Gasteiger partial charge in [0, 0.05) is 32.4 Å². The molecule has 18 heavy (non-hydrogen) atoms. The zero-order valence-corrected chi connectivity index (χ0v) is 12.7. The first kappa shape index (κ1) is 15.3. The Labute approximate surface area is 110 Å². The maximum atomic E-state index is 5.77. The highest BCUT2D eigenvalue weighted by atomic mass is 28.4. The Morgan fingerprint density at radius 1 is 1.11 bits per heavy atom. The highest BCUT2D eigenvalue weighted by Crippen LogP contribution is 2.16. The molecule has 0 radical (unpaired) electrons. The lowest BCUT2D eigenvalue weighted by Gasteiger charge is -2.28. The molecule has 0 aliphatic carbocycles. The third-order valence-electron chi connectivity index (χ3n) is 2.39. The molecule has 0 saturated carbocycles. The van der Waals surface area contributed by atoms with Gasteiger partial charge >= 0.3 is 8.80 Å². The number of aromatic nitrogens is 3. The topological polar surface area (TPSA) is 58.4 Å². The summed E-state index contributed by atoms with van der Waals surface area (Å²) < 4.78 is 19.1. The Balaban J connectivity index is 2.63. The van der Waals surface area contributed by atoms with Crippen LogP contribution in [-0.2, 0) is 19.8 Å². The standard InChI is InChI=1S/C11H23N3O3Si/c1-5-15-18(16-6-2,17-7-3)9-8-14-10-12-11(4)13-14/h10H,5-9H2,1-4H3. The highest BCUT2D eigenvalue weighted by Gasteiger charge is 2.40. The third kappa shape index (κ3) is 4.49. The summed E-state index contributed by atoms with van der Waals surface area (Å²) in [6.07, 6.45) is 1.72. The zero-order chi connectivity index (χ0) is 13.4. The zero-order valence-electron chi connectivity index (χ0n) is 11.7. The summed E-state index contributed by atoms with van der Waals surface area (Å²) in [5.41, 5.74) is 0. The maximum absolute atomic E-state index is 5.77. The minimum absolute atomic E-state index is 0.600. The van der Waals surface area contributed by atoms with Gasteiger partial charge in [-0.05, 0) is 27.7 Å². The van der Waals surface area contributed by atoms with Crippen LogP contribution in [0.15, 0.2) is 6.33 Å². The summed E-state index contributed by atoms with van der Waals surface area (Å²) in [4.78, 5) is 4.10. The molecule has 1 heterocycles. The van der Waals surface area contributed by atoms with Crippen LogP contribution in [0.2, 0.25) is 6.04 Å². The number of rotatable bonds is 9. The van der Waals surface area contributed by atoms with E-state index in [1.54, 1.807) is 11.0 Å². The number of aryl methyl sites for hydroxylation is 2. The van der Waals surface area contributed by atoms with Crippen molar-refractivity contribution in [2.45, 2.75) is 40.3 Å². The summed E-state index contributed by atoms with van der Waals surface area (Å²) in [7, 11) is -2.56. The van der Waals surface area contributed by atoms with Gasteiger partial charge < -0.3 is 13.3 Å². The van der Waals surface area contributed by atoms with Crippen LogP contribution >= 0.6 is 0 Å². The smallest absolute Gasteiger partial charge is 0.374 e. The van der Waals surface area contributed by atoms with E-state index >= 15 is 0 Å². The molecule has 0 aliphatic rings. The van der Waals surface area contributed by atoms with Gasteiger partial charge in [0.05, 0.1) is 0 Å². The van der Waals surface area contributed by atoms with E-state index in [2.05, 4.69) is 10.1 Å². The normalized spacial score (nSPS) is 12.0. The molecule has 1 aromatic heterocycles. The molecule has 0 atom stereocenters. The molecule has 0 saturated heterocycles. The number of hydrogen-bond donors (Lipinski definition) is 0. The van der Waals surface area contributed by atoms with Crippen molar-refractivity contribution in [1.29, 1.82) is 0 Å². The predicted molar refractivity (Wildman–Crippen MR) is 70.2 cm³/mol. The van der Waals surface area contributed by atoms with E-state index in [-0.39, 0.29) is 0 Å². The molecule has 1 rings (SSSR count). The molecule has 0 amide bonds. The first-order valence-electron chi connectivity index (χ1n) is 6.43. The summed E-state index contributed by atoms with van der Waals surface area (Å²) >= 11 is 0. The lowest BCUT2D eigenvalue weighted by atomic mass is 10.7.